The number of anilines is 2. The standard InChI is InChI=1S/C15H20N4O/c1-4-12-13(16)14(19-18-12)15(20)17-11-7-5-6-10(8-11)9(2)3/h5-9H,4,16H2,1-3H3,(H,17,20)(H,18,19). The highest BCUT2D eigenvalue weighted by Gasteiger charge is 2.16. The van der Waals surface area contributed by atoms with E-state index in [4.69, 9.17) is 5.73 Å². The number of hydrogen-bond donors (Lipinski definition) is 3. The van der Waals surface area contributed by atoms with Gasteiger partial charge in [0.25, 0.3) is 5.91 Å². The number of rotatable bonds is 4. The van der Waals surface area contributed by atoms with Crippen LogP contribution in [0.2, 0.25) is 0 Å². The summed E-state index contributed by atoms with van der Waals surface area (Å²) in [6.07, 6.45) is 0.717. The summed E-state index contributed by atoms with van der Waals surface area (Å²) in [5.74, 6) is 0.119. The Morgan fingerprint density at radius 2 is 2.20 bits per heavy atom. The molecule has 0 saturated carbocycles. The maximum absolute atomic E-state index is 12.2. The zero-order valence-corrected chi connectivity index (χ0v) is 12.0. The van der Waals surface area contributed by atoms with Gasteiger partial charge in [-0.25, -0.2) is 0 Å². The van der Waals surface area contributed by atoms with Crippen LogP contribution in [0.3, 0.4) is 0 Å². The van der Waals surface area contributed by atoms with Gasteiger partial charge in [0.2, 0.25) is 0 Å². The SMILES string of the molecule is CCc1[nH]nc(C(=O)Nc2cccc(C(C)C)c2)c1N. The molecule has 1 aromatic carbocycles. The Labute approximate surface area is 118 Å². The first-order chi connectivity index (χ1) is 9.52. The number of H-pyrrole nitrogens is 1. The molecule has 1 aromatic heterocycles. The second kappa shape index (κ2) is 5.77. The number of nitrogens with two attached hydrogens (primary N) is 1. The molecule has 0 unspecified atom stereocenters. The summed E-state index contributed by atoms with van der Waals surface area (Å²) in [5.41, 5.74) is 9.27. The van der Waals surface area contributed by atoms with Gasteiger partial charge in [-0.1, -0.05) is 32.9 Å². The predicted octanol–water partition coefficient (Wildman–Crippen LogP) is 2.93. The van der Waals surface area contributed by atoms with E-state index in [1.54, 1.807) is 0 Å². The molecule has 4 N–H and O–H groups in total. The molecule has 0 radical (unpaired) electrons. The van der Waals surface area contributed by atoms with Crippen molar-refractivity contribution in [2.75, 3.05) is 11.1 Å². The average molecular weight is 272 g/mol. The molecule has 20 heavy (non-hydrogen) atoms. The highest BCUT2D eigenvalue weighted by Crippen LogP contribution is 2.20. The Hall–Kier alpha value is -2.30. The lowest BCUT2D eigenvalue weighted by molar-refractivity contribution is 0.102. The molecular formula is C15H20N4O. The number of hydrogen-bond acceptors (Lipinski definition) is 3. The van der Waals surface area contributed by atoms with Crippen LogP contribution in [-0.4, -0.2) is 16.1 Å². The zero-order valence-electron chi connectivity index (χ0n) is 12.0. The summed E-state index contributed by atoms with van der Waals surface area (Å²) in [6, 6.07) is 7.79. The number of nitrogen functional groups attached to an aromatic ring is 1. The van der Waals surface area contributed by atoms with Crippen molar-refractivity contribution in [1.29, 1.82) is 0 Å². The summed E-state index contributed by atoms with van der Waals surface area (Å²) in [7, 11) is 0. The highest BCUT2D eigenvalue weighted by atomic mass is 16.2. The van der Waals surface area contributed by atoms with E-state index in [1.165, 1.54) is 5.56 Å². The van der Waals surface area contributed by atoms with E-state index in [0.29, 0.717) is 11.6 Å². The monoisotopic (exact) mass is 272 g/mol. The van der Waals surface area contributed by atoms with Crippen molar-refractivity contribution in [1.82, 2.24) is 10.2 Å². The number of aryl methyl sites for hydroxylation is 1. The van der Waals surface area contributed by atoms with E-state index in [1.807, 2.05) is 31.2 Å². The molecule has 5 nitrogen and oxygen atoms in total. The molecule has 0 bridgehead atoms. The number of nitrogens with zero attached hydrogens (tertiary/aromatic N) is 1. The van der Waals surface area contributed by atoms with Gasteiger partial charge in [0.15, 0.2) is 5.69 Å². The summed E-state index contributed by atoms with van der Waals surface area (Å²) in [6.45, 7) is 6.18. The van der Waals surface area contributed by atoms with Crippen molar-refractivity contribution in [2.45, 2.75) is 33.1 Å². The number of amides is 1. The van der Waals surface area contributed by atoms with Crippen LogP contribution in [-0.2, 0) is 6.42 Å². The smallest absolute Gasteiger partial charge is 0.278 e. The average Bonchev–Trinajstić information content (AvgIpc) is 2.80. The minimum absolute atomic E-state index is 0.247. The molecule has 0 fully saturated rings. The molecule has 2 rings (SSSR count). The first-order valence-corrected chi connectivity index (χ1v) is 6.77. The van der Waals surface area contributed by atoms with Gasteiger partial charge in [0.05, 0.1) is 11.4 Å². The number of nitrogens with one attached hydrogen (secondary N) is 2. The summed E-state index contributed by atoms with van der Waals surface area (Å²) < 4.78 is 0. The first kappa shape index (κ1) is 14.1. The van der Waals surface area contributed by atoms with Gasteiger partial charge in [0.1, 0.15) is 0 Å². The molecule has 0 spiro atoms. The number of carbonyl (C=O) groups excluding carboxylic acids is 1. The van der Waals surface area contributed by atoms with Crippen molar-refractivity contribution >= 4 is 17.3 Å². The third kappa shape index (κ3) is 2.82. The number of benzene rings is 1. The highest BCUT2D eigenvalue weighted by molar-refractivity contribution is 6.06. The molecule has 1 heterocycles. The lowest BCUT2D eigenvalue weighted by atomic mass is 10.0. The van der Waals surface area contributed by atoms with E-state index >= 15 is 0 Å². The molecule has 0 aliphatic heterocycles. The predicted molar refractivity (Wildman–Crippen MR) is 80.9 cm³/mol. The Bertz CT molecular complexity index is 616. The summed E-state index contributed by atoms with van der Waals surface area (Å²) in [4.78, 5) is 12.2. The zero-order chi connectivity index (χ0) is 14.7. The van der Waals surface area contributed by atoms with Crippen LogP contribution in [0, 0.1) is 0 Å². The Balaban J connectivity index is 2.19. The van der Waals surface area contributed by atoms with Gasteiger partial charge in [-0.3, -0.25) is 9.89 Å². The molecular weight excluding hydrogens is 252 g/mol. The topological polar surface area (TPSA) is 83.8 Å². The number of aromatic amines is 1. The van der Waals surface area contributed by atoms with Crippen LogP contribution in [0.5, 0.6) is 0 Å². The van der Waals surface area contributed by atoms with Gasteiger partial charge in [-0.15, -0.1) is 0 Å². The molecule has 0 atom stereocenters. The van der Waals surface area contributed by atoms with Crippen molar-refractivity contribution in [3.8, 4) is 0 Å². The normalized spacial score (nSPS) is 10.8. The van der Waals surface area contributed by atoms with Gasteiger partial charge < -0.3 is 11.1 Å². The molecule has 106 valence electrons. The first-order valence-electron chi connectivity index (χ1n) is 6.77. The fourth-order valence-corrected chi connectivity index (χ4v) is 2.00. The Morgan fingerprint density at radius 1 is 1.45 bits per heavy atom. The maximum Gasteiger partial charge on any atom is 0.278 e. The molecule has 0 aliphatic carbocycles. The second-order valence-corrected chi connectivity index (χ2v) is 5.05. The molecule has 1 amide bonds. The summed E-state index contributed by atoms with van der Waals surface area (Å²) in [5, 5.41) is 9.59. The fraction of sp³-hybridized carbons (Fsp3) is 0.333. The van der Waals surface area contributed by atoms with Crippen LogP contribution in [0.15, 0.2) is 24.3 Å². The van der Waals surface area contributed by atoms with Crippen molar-refractivity contribution < 1.29 is 4.79 Å². The van der Waals surface area contributed by atoms with E-state index in [-0.39, 0.29) is 11.6 Å². The number of carbonyl (C=O) groups is 1. The van der Waals surface area contributed by atoms with E-state index in [9.17, 15) is 4.79 Å². The van der Waals surface area contributed by atoms with E-state index in [0.717, 1.165) is 17.8 Å². The maximum atomic E-state index is 12.2. The summed E-state index contributed by atoms with van der Waals surface area (Å²) >= 11 is 0. The lowest BCUT2D eigenvalue weighted by Gasteiger charge is -2.09. The minimum atomic E-state index is -0.292. The van der Waals surface area contributed by atoms with Crippen LogP contribution in [0.4, 0.5) is 11.4 Å². The van der Waals surface area contributed by atoms with Crippen LogP contribution in [0.25, 0.3) is 0 Å². The Morgan fingerprint density at radius 3 is 2.80 bits per heavy atom. The lowest BCUT2D eigenvalue weighted by Crippen LogP contribution is -2.14. The van der Waals surface area contributed by atoms with Crippen molar-refractivity contribution in [3.05, 3.63) is 41.2 Å². The molecule has 2 aromatic rings. The van der Waals surface area contributed by atoms with Crippen LogP contribution in [0.1, 0.15) is 48.4 Å². The van der Waals surface area contributed by atoms with Gasteiger partial charge >= 0.3 is 0 Å². The minimum Gasteiger partial charge on any atom is -0.395 e. The fourth-order valence-electron chi connectivity index (χ4n) is 2.00. The second-order valence-electron chi connectivity index (χ2n) is 5.05. The van der Waals surface area contributed by atoms with Crippen LogP contribution >= 0.6 is 0 Å². The molecule has 0 aliphatic rings. The van der Waals surface area contributed by atoms with Crippen molar-refractivity contribution in [3.63, 3.8) is 0 Å². The van der Waals surface area contributed by atoms with Gasteiger partial charge in [-0.05, 0) is 30.0 Å². The van der Waals surface area contributed by atoms with E-state index < -0.39 is 0 Å². The quantitative estimate of drug-likeness (QED) is 0.800. The Kier molecular flexibility index (Phi) is 4.08. The van der Waals surface area contributed by atoms with Crippen LogP contribution < -0.4 is 11.1 Å². The van der Waals surface area contributed by atoms with Crippen molar-refractivity contribution in [2.24, 2.45) is 0 Å². The molecule has 0 saturated heterocycles. The largest absolute Gasteiger partial charge is 0.395 e. The number of aromatic nitrogens is 2. The third-order valence-corrected chi connectivity index (χ3v) is 3.26. The van der Waals surface area contributed by atoms with Gasteiger partial charge in [-0.2, -0.15) is 5.10 Å². The van der Waals surface area contributed by atoms with Gasteiger partial charge in [0, 0.05) is 5.69 Å². The van der Waals surface area contributed by atoms with E-state index in [2.05, 4.69) is 29.4 Å². The molecule has 5 heteroatoms. The third-order valence-electron chi connectivity index (χ3n) is 3.26.